The molecule has 0 spiro atoms. The normalized spacial score (nSPS) is 13.8. The third-order valence-electron chi connectivity index (χ3n) is 19.1. The molecule has 0 aromatic rings. The molecule has 0 rings (SSSR count). The summed E-state index contributed by atoms with van der Waals surface area (Å²) in [5.41, 5.74) is 0. The lowest BCUT2D eigenvalue weighted by Gasteiger charge is -2.21. The van der Waals surface area contributed by atoms with Crippen LogP contribution in [0, 0.1) is 0 Å². The molecule has 0 aliphatic carbocycles. The van der Waals surface area contributed by atoms with Gasteiger partial charge in [0.1, 0.15) is 19.3 Å². The van der Waals surface area contributed by atoms with Gasteiger partial charge in [0.2, 0.25) is 0 Å². The second-order valence-corrected chi connectivity index (χ2v) is 32.1. The van der Waals surface area contributed by atoms with E-state index >= 15 is 0 Å². The number of phosphoric acid groups is 2. The molecule has 19 heteroatoms. The molecule has 0 heterocycles. The number of esters is 4. The van der Waals surface area contributed by atoms with Crippen LogP contribution in [-0.4, -0.2) is 96.7 Å². The van der Waals surface area contributed by atoms with Gasteiger partial charge in [-0.3, -0.25) is 37.3 Å². The first-order valence-corrected chi connectivity index (χ1v) is 45.3. The number of hydrogen-bond acceptors (Lipinski definition) is 15. The number of ether oxygens (including phenoxy) is 4. The Hall–Kier alpha value is -1.94. The summed E-state index contributed by atoms with van der Waals surface area (Å²) in [7, 11) is -9.91. The average molecular weight is 1470 g/mol. The van der Waals surface area contributed by atoms with Crippen molar-refractivity contribution in [3.05, 3.63) is 0 Å². The van der Waals surface area contributed by atoms with Gasteiger partial charge in [0.05, 0.1) is 26.4 Å². The van der Waals surface area contributed by atoms with Crippen LogP contribution in [0.5, 0.6) is 0 Å². The van der Waals surface area contributed by atoms with E-state index in [1.54, 1.807) is 0 Å². The summed E-state index contributed by atoms with van der Waals surface area (Å²) in [5, 5.41) is 10.6. The lowest BCUT2D eigenvalue weighted by atomic mass is 10.0. The molecule has 2 unspecified atom stereocenters. The highest BCUT2D eigenvalue weighted by molar-refractivity contribution is 7.47. The summed E-state index contributed by atoms with van der Waals surface area (Å²) in [5.74, 6) is -2.11. The number of carbonyl (C=O) groups is 4. The molecule has 0 bridgehead atoms. The minimum atomic E-state index is -4.96. The number of phosphoric ester groups is 2. The van der Waals surface area contributed by atoms with Gasteiger partial charge >= 0.3 is 39.5 Å². The summed E-state index contributed by atoms with van der Waals surface area (Å²) in [6.45, 7) is 5.01. The molecule has 0 aliphatic rings. The summed E-state index contributed by atoms with van der Waals surface area (Å²) in [6.07, 6.45) is 68.0. The van der Waals surface area contributed by atoms with Crippen LogP contribution in [0.25, 0.3) is 0 Å². The minimum absolute atomic E-state index is 0.109. The van der Waals surface area contributed by atoms with E-state index < -0.39 is 97.5 Å². The molecule has 0 aliphatic heterocycles. The van der Waals surface area contributed by atoms with Crippen molar-refractivity contribution in [2.45, 2.75) is 457 Å². The fourth-order valence-electron chi connectivity index (χ4n) is 12.6. The van der Waals surface area contributed by atoms with Crippen LogP contribution in [0.1, 0.15) is 439 Å². The van der Waals surface area contributed by atoms with E-state index in [1.807, 2.05) is 0 Å². The largest absolute Gasteiger partial charge is 0.472 e. The van der Waals surface area contributed by atoms with Gasteiger partial charge in [-0.15, -0.1) is 0 Å². The Labute approximate surface area is 613 Å². The third kappa shape index (κ3) is 74.3. The van der Waals surface area contributed by atoms with Crippen molar-refractivity contribution in [1.29, 1.82) is 0 Å². The van der Waals surface area contributed by atoms with Crippen LogP contribution in [0.15, 0.2) is 0 Å². The minimum Gasteiger partial charge on any atom is -0.462 e. The van der Waals surface area contributed by atoms with Gasteiger partial charge in [-0.25, -0.2) is 9.13 Å². The molecule has 5 atom stereocenters. The summed E-state index contributed by atoms with van der Waals surface area (Å²) in [6, 6.07) is 0. The van der Waals surface area contributed by atoms with Crippen LogP contribution >= 0.6 is 15.6 Å². The number of carbonyl (C=O) groups excluding carboxylic acids is 4. The van der Waals surface area contributed by atoms with Gasteiger partial charge in [-0.05, 0) is 25.7 Å². The van der Waals surface area contributed by atoms with Gasteiger partial charge in [0, 0.05) is 25.7 Å². The van der Waals surface area contributed by atoms with Crippen LogP contribution in [0.3, 0.4) is 0 Å². The van der Waals surface area contributed by atoms with Crippen LogP contribution in [0.2, 0.25) is 0 Å². The summed E-state index contributed by atoms with van der Waals surface area (Å²) < 4.78 is 68.7. The zero-order chi connectivity index (χ0) is 73.2. The maximum atomic E-state index is 13.1. The Bertz CT molecular complexity index is 1890. The first kappa shape index (κ1) is 98.1. The van der Waals surface area contributed by atoms with Gasteiger partial charge in [0.15, 0.2) is 12.2 Å². The lowest BCUT2D eigenvalue weighted by molar-refractivity contribution is -0.161. The zero-order valence-electron chi connectivity index (χ0n) is 65.2. The van der Waals surface area contributed by atoms with E-state index in [0.717, 1.165) is 89.9 Å². The smallest absolute Gasteiger partial charge is 0.462 e. The maximum absolute atomic E-state index is 13.1. The Balaban J connectivity index is 5.19. The highest BCUT2D eigenvalue weighted by Gasteiger charge is 2.30. The number of aliphatic hydroxyl groups is 1. The van der Waals surface area contributed by atoms with E-state index in [9.17, 15) is 43.2 Å². The summed E-state index contributed by atoms with van der Waals surface area (Å²) >= 11 is 0. The monoisotopic (exact) mass is 1470 g/mol. The highest BCUT2D eigenvalue weighted by atomic mass is 31.2. The van der Waals surface area contributed by atoms with Crippen molar-refractivity contribution in [2.75, 3.05) is 39.6 Å². The lowest BCUT2D eigenvalue weighted by Crippen LogP contribution is -2.30. The van der Waals surface area contributed by atoms with Crippen molar-refractivity contribution in [3.63, 3.8) is 0 Å². The molecular formula is C81H158O17P2. The fourth-order valence-corrected chi connectivity index (χ4v) is 14.2. The second kappa shape index (κ2) is 75.3. The number of hydrogen-bond donors (Lipinski definition) is 3. The van der Waals surface area contributed by atoms with Gasteiger partial charge < -0.3 is 33.8 Å². The van der Waals surface area contributed by atoms with Gasteiger partial charge in [-0.2, -0.15) is 0 Å². The van der Waals surface area contributed by atoms with Crippen molar-refractivity contribution in [2.24, 2.45) is 0 Å². The Morgan fingerprint density at radius 2 is 0.400 bits per heavy atom. The molecule has 594 valence electrons. The van der Waals surface area contributed by atoms with Crippen molar-refractivity contribution in [3.8, 4) is 0 Å². The Kier molecular flexibility index (Phi) is 73.8. The van der Waals surface area contributed by atoms with Gasteiger partial charge in [-0.1, -0.05) is 387 Å². The molecule has 0 radical (unpaired) electrons. The molecule has 3 N–H and O–H groups in total. The van der Waals surface area contributed by atoms with E-state index in [2.05, 4.69) is 27.7 Å². The second-order valence-electron chi connectivity index (χ2n) is 29.2. The molecule has 0 aromatic carbocycles. The SMILES string of the molecule is CCCCCCCCCCCCCCCCCCCCCC(=O)O[C@H](COC(=O)CCCCCCCCCCCCCCCCCCC)COP(=O)(O)OC[C@@H](O)COP(=O)(O)OC[C@@H](COC(=O)CCCCCCCCCC)OC(=O)CCCCCCCCCCCCCCCCCC. The van der Waals surface area contributed by atoms with Crippen LogP contribution in [-0.2, 0) is 65.4 Å². The van der Waals surface area contributed by atoms with E-state index in [1.165, 1.54) is 270 Å². The zero-order valence-corrected chi connectivity index (χ0v) is 67.0. The summed E-state index contributed by atoms with van der Waals surface area (Å²) in [4.78, 5) is 72.9. The van der Waals surface area contributed by atoms with Gasteiger partial charge in [0.25, 0.3) is 0 Å². The van der Waals surface area contributed by atoms with Crippen molar-refractivity contribution >= 4 is 39.5 Å². The molecule has 0 saturated carbocycles. The average Bonchev–Trinajstić information content (AvgIpc) is 0.940. The molecule has 0 fully saturated rings. The predicted molar refractivity (Wildman–Crippen MR) is 409 cm³/mol. The Morgan fingerprint density at radius 3 is 0.590 bits per heavy atom. The van der Waals surface area contributed by atoms with E-state index in [4.69, 9.17) is 37.0 Å². The van der Waals surface area contributed by atoms with Crippen LogP contribution in [0.4, 0.5) is 0 Å². The van der Waals surface area contributed by atoms with Crippen molar-refractivity contribution in [1.82, 2.24) is 0 Å². The standard InChI is InChI=1S/C81H158O17P2/c1-5-9-13-17-21-25-28-31-34-37-38-40-43-46-49-52-56-60-64-68-81(86)98-77(72-92-79(84)66-62-58-54-50-47-44-42-39-35-32-29-26-22-18-14-10-6-2)74-96-100(89,90)94-70-75(82)69-93-99(87,88)95-73-76(71-91-78(83)65-61-57-53-24-20-16-12-8-4)97-80(85)67-63-59-55-51-48-45-41-36-33-30-27-23-19-15-11-7-3/h75-77,82H,5-74H2,1-4H3,(H,87,88)(H,89,90)/t75-,76+,77+/m0/s1. The van der Waals surface area contributed by atoms with Crippen LogP contribution < -0.4 is 0 Å². The fraction of sp³-hybridized carbons (Fsp3) is 0.951. The first-order valence-electron chi connectivity index (χ1n) is 42.3. The molecule has 0 aromatic heterocycles. The number of unbranched alkanes of at least 4 members (excludes halogenated alkanes) is 56. The predicted octanol–water partition coefficient (Wildman–Crippen LogP) is 24.6. The molecule has 0 amide bonds. The molecular weight excluding hydrogens is 1310 g/mol. The third-order valence-corrected chi connectivity index (χ3v) is 21.0. The first-order chi connectivity index (χ1) is 48.7. The quantitative estimate of drug-likeness (QED) is 0.0222. The molecule has 17 nitrogen and oxygen atoms in total. The molecule has 0 saturated heterocycles. The maximum Gasteiger partial charge on any atom is 0.472 e. The number of rotatable bonds is 82. The van der Waals surface area contributed by atoms with Crippen molar-refractivity contribution < 1.29 is 80.2 Å². The Morgan fingerprint density at radius 1 is 0.240 bits per heavy atom. The topological polar surface area (TPSA) is 237 Å². The number of aliphatic hydroxyl groups excluding tert-OH is 1. The van der Waals surface area contributed by atoms with E-state index in [-0.39, 0.29) is 25.7 Å². The highest BCUT2D eigenvalue weighted by Crippen LogP contribution is 2.45. The van der Waals surface area contributed by atoms with E-state index in [0.29, 0.717) is 25.7 Å². The molecule has 100 heavy (non-hydrogen) atoms.